The van der Waals surface area contributed by atoms with Gasteiger partial charge in [-0.05, 0) is 44.0 Å². The molecule has 198 valence electrons. The van der Waals surface area contributed by atoms with Gasteiger partial charge in [0.05, 0.1) is 22.5 Å². The summed E-state index contributed by atoms with van der Waals surface area (Å²) < 4.78 is 65.6. The van der Waals surface area contributed by atoms with E-state index < -0.39 is 51.9 Å². The highest BCUT2D eigenvalue weighted by Gasteiger charge is 2.34. The molecule has 0 spiro atoms. The van der Waals surface area contributed by atoms with E-state index in [1.165, 1.54) is 11.8 Å². The second-order valence-corrected chi connectivity index (χ2v) is 10.7. The Balaban J connectivity index is 2.47. The van der Waals surface area contributed by atoms with Gasteiger partial charge in [0, 0.05) is 12.6 Å². The summed E-state index contributed by atoms with van der Waals surface area (Å²) in [6, 6.07) is 9.79. The molecule has 0 aliphatic rings. The molecule has 2 aromatic rings. The third-order valence-corrected chi connectivity index (χ3v) is 7.03. The first-order valence-electron chi connectivity index (χ1n) is 11.1. The Kier molecular flexibility index (Phi) is 9.78. The second kappa shape index (κ2) is 12.0. The molecule has 2 atom stereocenters. The summed E-state index contributed by atoms with van der Waals surface area (Å²) in [5.74, 6) is -1.24. The van der Waals surface area contributed by atoms with Crippen molar-refractivity contribution in [3.63, 3.8) is 0 Å². The smallest absolute Gasteiger partial charge is 0.352 e. The molecule has 36 heavy (non-hydrogen) atoms. The van der Waals surface area contributed by atoms with Gasteiger partial charge in [0.1, 0.15) is 12.6 Å². The first-order valence-corrected chi connectivity index (χ1v) is 13.4. The van der Waals surface area contributed by atoms with Gasteiger partial charge in [-0.2, -0.15) is 13.2 Å². The van der Waals surface area contributed by atoms with Crippen LogP contribution in [0.2, 0.25) is 5.02 Å². The molecule has 2 rings (SSSR count). The van der Waals surface area contributed by atoms with Crippen molar-refractivity contribution in [2.75, 3.05) is 17.1 Å². The van der Waals surface area contributed by atoms with Crippen LogP contribution >= 0.6 is 11.6 Å². The largest absolute Gasteiger partial charge is 0.416 e. The quantitative estimate of drug-likeness (QED) is 0.476. The monoisotopic (exact) mass is 547 g/mol. The molecule has 0 bridgehead atoms. The lowest BCUT2D eigenvalue weighted by atomic mass is 10.1. The van der Waals surface area contributed by atoms with Gasteiger partial charge in [0.25, 0.3) is 0 Å². The highest BCUT2D eigenvalue weighted by molar-refractivity contribution is 7.92. The predicted octanol–water partition coefficient (Wildman–Crippen LogP) is 4.46. The van der Waals surface area contributed by atoms with E-state index in [1.54, 1.807) is 37.3 Å². The maximum atomic E-state index is 13.4. The average Bonchev–Trinajstić information content (AvgIpc) is 2.80. The number of sulfonamides is 1. The van der Waals surface area contributed by atoms with Crippen molar-refractivity contribution in [3.8, 4) is 0 Å². The normalized spacial score (nSPS) is 13.6. The summed E-state index contributed by atoms with van der Waals surface area (Å²) in [6.45, 7) is 4.30. The van der Waals surface area contributed by atoms with Crippen molar-refractivity contribution >= 4 is 39.1 Å². The van der Waals surface area contributed by atoms with Crippen LogP contribution in [-0.2, 0) is 32.3 Å². The number of anilines is 1. The minimum atomic E-state index is -4.76. The molecular weight excluding hydrogens is 519 g/mol. The van der Waals surface area contributed by atoms with Crippen molar-refractivity contribution < 1.29 is 31.2 Å². The molecule has 2 amide bonds. The van der Waals surface area contributed by atoms with Gasteiger partial charge >= 0.3 is 6.18 Å². The molecule has 0 aliphatic carbocycles. The molecule has 0 heterocycles. The molecule has 0 aliphatic heterocycles. The van der Waals surface area contributed by atoms with Crippen molar-refractivity contribution in [1.82, 2.24) is 10.2 Å². The standard InChI is InChI=1S/C24H29ClF3N3O4S/c1-5-16(2)29-23(33)17(3)30(14-18-9-7-6-8-10-18)22(32)15-31(36(4,34)35)21-13-19(24(26,27)28)11-12-20(21)25/h6-13,16-17H,5,14-15H2,1-4H3,(H,29,33). The average molecular weight is 548 g/mol. The molecule has 1 N–H and O–H groups in total. The molecule has 0 radical (unpaired) electrons. The van der Waals surface area contributed by atoms with E-state index in [4.69, 9.17) is 11.6 Å². The summed E-state index contributed by atoms with van der Waals surface area (Å²) in [6.07, 6.45) is -3.34. The fourth-order valence-corrected chi connectivity index (χ4v) is 4.43. The topological polar surface area (TPSA) is 86.8 Å². The Hall–Kier alpha value is -2.79. The van der Waals surface area contributed by atoms with E-state index in [1.807, 2.05) is 6.92 Å². The van der Waals surface area contributed by atoms with Gasteiger partial charge in [-0.3, -0.25) is 13.9 Å². The summed E-state index contributed by atoms with van der Waals surface area (Å²) in [4.78, 5) is 27.5. The van der Waals surface area contributed by atoms with E-state index in [2.05, 4.69) is 5.32 Å². The Morgan fingerprint density at radius 3 is 2.22 bits per heavy atom. The summed E-state index contributed by atoms with van der Waals surface area (Å²) in [7, 11) is -4.24. The number of hydrogen-bond donors (Lipinski definition) is 1. The number of nitrogens with one attached hydrogen (secondary N) is 1. The van der Waals surface area contributed by atoms with Gasteiger partial charge < -0.3 is 10.2 Å². The second-order valence-electron chi connectivity index (χ2n) is 8.43. The predicted molar refractivity (Wildman–Crippen MR) is 133 cm³/mol. The van der Waals surface area contributed by atoms with Gasteiger partial charge in [0.15, 0.2) is 0 Å². The van der Waals surface area contributed by atoms with Crippen molar-refractivity contribution in [1.29, 1.82) is 0 Å². The van der Waals surface area contributed by atoms with E-state index in [0.717, 1.165) is 18.4 Å². The number of rotatable bonds is 10. The Bertz CT molecular complexity index is 1180. The lowest BCUT2D eigenvalue weighted by Gasteiger charge is -2.32. The maximum absolute atomic E-state index is 13.4. The van der Waals surface area contributed by atoms with Crippen molar-refractivity contribution in [3.05, 3.63) is 64.7 Å². The highest BCUT2D eigenvalue weighted by atomic mass is 35.5. The van der Waals surface area contributed by atoms with Crippen LogP contribution in [0.3, 0.4) is 0 Å². The van der Waals surface area contributed by atoms with Crippen LogP contribution in [0.5, 0.6) is 0 Å². The Morgan fingerprint density at radius 1 is 1.08 bits per heavy atom. The molecule has 0 fully saturated rings. The van der Waals surface area contributed by atoms with Crippen LogP contribution in [0.4, 0.5) is 18.9 Å². The minimum absolute atomic E-state index is 0.0251. The molecule has 7 nitrogen and oxygen atoms in total. The Morgan fingerprint density at radius 2 is 1.69 bits per heavy atom. The first-order chi connectivity index (χ1) is 16.6. The third kappa shape index (κ3) is 7.86. The number of benzene rings is 2. The van der Waals surface area contributed by atoms with Gasteiger partial charge in [-0.1, -0.05) is 48.9 Å². The van der Waals surface area contributed by atoms with E-state index in [0.29, 0.717) is 22.4 Å². The van der Waals surface area contributed by atoms with Crippen molar-refractivity contribution in [2.45, 2.75) is 52.0 Å². The Labute approximate surface area is 214 Å². The number of amides is 2. The number of carbonyl (C=O) groups is 2. The van der Waals surface area contributed by atoms with Crippen LogP contribution in [0.1, 0.15) is 38.3 Å². The molecule has 0 saturated carbocycles. The summed E-state index contributed by atoms with van der Waals surface area (Å²) in [5.41, 5.74) is -0.929. The number of carbonyl (C=O) groups excluding carboxylic acids is 2. The number of alkyl halides is 3. The highest BCUT2D eigenvalue weighted by Crippen LogP contribution is 2.36. The minimum Gasteiger partial charge on any atom is -0.352 e. The third-order valence-electron chi connectivity index (χ3n) is 5.59. The zero-order valence-corrected chi connectivity index (χ0v) is 21.9. The summed E-state index contributed by atoms with van der Waals surface area (Å²) in [5, 5.41) is 2.51. The van der Waals surface area contributed by atoms with Crippen LogP contribution in [-0.4, -0.2) is 50.0 Å². The molecule has 0 saturated heterocycles. The number of hydrogen-bond acceptors (Lipinski definition) is 4. The zero-order valence-electron chi connectivity index (χ0n) is 20.3. The molecular formula is C24H29ClF3N3O4S. The van der Waals surface area contributed by atoms with Crippen LogP contribution in [0.15, 0.2) is 48.5 Å². The van der Waals surface area contributed by atoms with E-state index in [9.17, 15) is 31.2 Å². The fourth-order valence-electron chi connectivity index (χ4n) is 3.30. The summed E-state index contributed by atoms with van der Waals surface area (Å²) >= 11 is 6.06. The zero-order chi connectivity index (χ0) is 27.3. The van der Waals surface area contributed by atoms with Gasteiger partial charge in [-0.15, -0.1) is 0 Å². The number of halogens is 4. The van der Waals surface area contributed by atoms with Gasteiger partial charge in [-0.25, -0.2) is 8.42 Å². The molecule has 2 unspecified atom stereocenters. The maximum Gasteiger partial charge on any atom is 0.416 e. The van der Waals surface area contributed by atoms with Crippen molar-refractivity contribution in [2.24, 2.45) is 0 Å². The van der Waals surface area contributed by atoms with Crippen LogP contribution in [0, 0.1) is 0 Å². The lowest BCUT2D eigenvalue weighted by molar-refractivity contribution is -0.139. The molecule has 12 heteroatoms. The van der Waals surface area contributed by atoms with E-state index >= 15 is 0 Å². The van der Waals surface area contributed by atoms with Crippen LogP contribution < -0.4 is 9.62 Å². The first kappa shape index (κ1) is 29.4. The van der Waals surface area contributed by atoms with Gasteiger partial charge in [0.2, 0.25) is 21.8 Å². The number of nitrogens with zero attached hydrogens (tertiary/aromatic N) is 2. The van der Waals surface area contributed by atoms with Crippen LogP contribution in [0.25, 0.3) is 0 Å². The fraction of sp³-hybridized carbons (Fsp3) is 0.417. The van der Waals surface area contributed by atoms with E-state index in [-0.39, 0.29) is 17.6 Å². The lowest BCUT2D eigenvalue weighted by Crippen LogP contribution is -2.52. The SMILES string of the molecule is CCC(C)NC(=O)C(C)N(Cc1ccccc1)C(=O)CN(c1cc(C(F)(F)F)ccc1Cl)S(C)(=O)=O. The molecule has 0 aromatic heterocycles. The molecule has 2 aromatic carbocycles.